The summed E-state index contributed by atoms with van der Waals surface area (Å²) < 4.78 is 0. The largest absolute Gasteiger partial charge is 1.00 e. The average Bonchev–Trinajstić information content (AvgIpc) is 1.82. The monoisotopic (exact) mass is 185 g/mol. The van der Waals surface area contributed by atoms with Gasteiger partial charge in [0.25, 0.3) is 0 Å². The first kappa shape index (κ1) is 14.0. The van der Waals surface area contributed by atoms with Gasteiger partial charge in [0.2, 0.25) is 5.12 Å². The van der Waals surface area contributed by atoms with Crippen molar-refractivity contribution in [1.82, 2.24) is 5.32 Å². The number of aliphatic carboxylic acids is 1. The van der Waals surface area contributed by atoms with E-state index in [9.17, 15) is 14.7 Å². The third kappa shape index (κ3) is 8.36. The standard InChI is InChI=1S/C5H9NO3S.Na/c1-3(5(9)10)6-2-4(7)8;/h3,6H,2H2,1H3,(H,7,8)(H,9,10);/q;+1/p-1/t3-;/m1./s1. The Labute approximate surface area is 92.4 Å². The van der Waals surface area contributed by atoms with Gasteiger partial charge in [-0.1, -0.05) is 0 Å². The Hall–Kier alpha value is 0.450. The Morgan fingerprint density at radius 2 is 2.09 bits per heavy atom. The molecule has 0 aromatic rings. The van der Waals surface area contributed by atoms with Crippen LogP contribution in [0.15, 0.2) is 0 Å². The van der Waals surface area contributed by atoms with E-state index in [1.54, 1.807) is 0 Å². The minimum Gasteiger partial charge on any atom is -0.549 e. The molecule has 0 radical (unpaired) electrons. The van der Waals surface area contributed by atoms with E-state index in [4.69, 9.17) is 0 Å². The molecule has 0 aromatic heterocycles. The van der Waals surface area contributed by atoms with Gasteiger partial charge in [0.1, 0.15) is 0 Å². The second-order valence-corrected chi connectivity index (χ2v) is 2.25. The molecule has 0 aliphatic rings. The van der Waals surface area contributed by atoms with E-state index in [1.165, 1.54) is 6.92 Å². The molecule has 0 amide bonds. The molecule has 0 saturated heterocycles. The van der Waals surface area contributed by atoms with Crippen molar-refractivity contribution >= 4 is 23.7 Å². The summed E-state index contributed by atoms with van der Waals surface area (Å²) in [5, 5.41) is 11.8. The molecular weight excluding hydrogens is 177 g/mol. The van der Waals surface area contributed by atoms with Gasteiger partial charge in [-0.3, -0.25) is 4.79 Å². The summed E-state index contributed by atoms with van der Waals surface area (Å²) >= 11 is 3.48. The number of nitrogens with one attached hydrogen (secondary N) is 1. The van der Waals surface area contributed by atoms with Crippen LogP contribution < -0.4 is 40.0 Å². The molecule has 58 valence electrons. The molecule has 0 aromatic carbocycles. The van der Waals surface area contributed by atoms with Gasteiger partial charge < -0.3 is 15.2 Å². The van der Waals surface area contributed by atoms with Crippen LogP contribution in [0.1, 0.15) is 6.92 Å². The fourth-order valence-electron chi connectivity index (χ4n) is 0.324. The fourth-order valence-corrected chi connectivity index (χ4v) is 0.415. The van der Waals surface area contributed by atoms with Crippen molar-refractivity contribution in [3.8, 4) is 0 Å². The van der Waals surface area contributed by atoms with Crippen molar-refractivity contribution in [3.05, 3.63) is 0 Å². The van der Waals surface area contributed by atoms with Crippen LogP contribution in [0.4, 0.5) is 0 Å². The Balaban J connectivity index is 0. The van der Waals surface area contributed by atoms with Crippen LogP contribution in [0.5, 0.6) is 0 Å². The molecule has 0 rings (SSSR count). The van der Waals surface area contributed by atoms with Gasteiger partial charge in [-0.2, -0.15) is 0 Å². The summed E-state index contributed by atoms with van der Waals surface area (Å²) in [6.45, 7) is 1.20. The van der Waals surface area contributed by atoms with Gasteiger partial charge in [-0.05, 0) is 6.92 Å². The summed E-state index contributed by atoms with van der Waals surface area (Å²) in [5.74, 6) is -1.23. The van der Waals surface area contributed by atoms with Crippen LogP contribution in [0.3, 0.4) is 0 Å². The second-order valence-electron chi connectivity index (χ2n) is 1.81. The van der Waals surface area contributed by atoms with Gasteiger partial charge in [0.05, 0.1) is 12.0 Å². The normalized spacial score (nSPS) is 11.5. The van der Waals surface area contributed by atoms with Gasteiger partial charge in [0.15, 0.2) is 0 Å². The SMILES string of the molecule is C[C@@H](NCC(=O)[O-])C(=O)S.[Na+]. The number of rotatable bonds is 4. The number of hydrogen-bond donors (Lipinski definition) is 2. The van der Waals surface area contributed by atoms with Gasteiger partial charge in [-0.15, -0.1) is 12.6 Å². The average molecular weight is 185 g/mol. The van der Waals surface area contributed by atoms with E-state index in [0.29, 0.717) is 0 Å². The second kappa shape index (κ2) is 7.12. The smallest absolute Gasteiger partial charge is 0.549 e. The van der Waals surface area contributed by atoms with E-state index in [2.05, 4.69) is 17.9 Å². The zero-order valence-electron chi connectivity index (χ0n) is 6.46. The number of thiol groups is 1. The molecule has 1 N–H and O–H groups in total. The Bertz CT molecular complexity index is 153. The van der Waals surface area contributed by atoms with Crippen molar-refractivity contribution in [1.29, 1.82) is 0 Å². The van der Waals surface area contributed by atoms with Crippen molar-refractivity contribution in [2.45, 2.75) is 13.0 Å². The Morgan fingerprint density at radius 1 is 1.64 bits per heavy atom. The molecule has 0 saturated carbocycles. The number of carboxylic acid groups (broad SMARTS) is 1. The van der Waals surface area contributed by atoms with Gasteiger partial charge in [0, 0.05) is 6.54 Å². The zero-order valence-corrected chi connectivity index (χ0v) is 9.35. The van der Waals surface area contributed by atoms with E-state index in [-0.39, 0.29) is 41.2 Å². The predicted octanol–water partition coefficient (Wildman–Crippen LogP) is -4.83. The maximum absolute atomic E-state index is 10.3. The molecule has 1 atom stereocenters. The number of carboxylic acids is 1. The molecule has 6 heteroatoms. The first-order chi connectivity index (χ1) is 4.54. The van der Waals surface area contributed by atoms with Crippen molar-refractivity contribution in [2.75, 3.05) is 6.54 Å². The quantitative estimate of drug-likeness (QED) is 0.340. The van der Waals surface area contributed by atoms with Crippen LogP contribution in [0.25, 0.3) is 0 Å². The molecule has 0 heterocycles. The molecule has 0 spiro atoms. The van der Waals surface area contributed by atoms with E-state index in [1.807, 2.05) is 0 Å². The van der Waals surface area contributed by atoms with Gasteiger partial charge >= 0.3 is 29.6 Å². The summed E-state index contributed by atoms with van der Waals surface area (Å²) in [6.07, 6.45) is 0. The zero-order chi connectivity index (χ0) is 8.15. The Kier molecular flexibility index (Phi) is 9.06. The third-order valence-electron chi connectivity index (χ3n) is 0.923. The van der Waals surface area contributed by atoms with Crippen LogP contribution in [-0.2, 0) is 9.59 Å². The Morgan fingerprint density at radius 3 is 2.36 bits per heavy atom. The summed E-state index contributed by atoms with van der Waals surface area (Å²) in [6, 6.07) is -0.541. The predicted molar refractivity (Wildman–Crippen MR) is 36.5 cm³/mol. The maximum Gasteiger partial charge on any atom is 1.00 e. The van der Waals surface area contributed by atoms with E-state index in [0.717, 1.165) is 0 Å². The van der Waals surface area contributed by atoms with Crippen molar-refractivity contribution in [3.63, 3.8) is 0 Å². The molecular formula is C5H8NNaO3S. The van der Waals surface area contributed by atoms with E-state index < -0.39 is 12.0 Å². The maximum atomic E-state index is 10.3. The molecule has 0 aliphatic heterocycles. The number of hydrogen-bond acceptors (Lipinski definition) is 4. The van der Waals surface area contributed by atoms with Crippen molar-refractivity contribution < 1.29 is 44.3 Å². The molecule has 11 heavy (non-hydrogen) atoms. The van der Waals surface area contributed by atoms with Crippen molar-refractivity contribution in [2.24, 2.45) is 0 Å². The minimum atomic E-state index is -1.23. The van der Waals surface area contributed by atoms with Crippen LogP contribution >= 0.6 is 12.6 Å². The van der Waals surface area contributed by atoms with Crippen LogP contribution in [-0.4, -0.2) is 23.7 Å². The molecule has 0 bridgehead atoms. The molecule has 0 aliphatic carbocycles. The molecule has 0 unspecified atom stereocenters. The number of carbonyl (C=O) groups is 2. The molecule has 0 fully saturated rings. The fraction of sp³-hybridized carbons (Fsp3) is 0.600. The summed E-state index contributed by atoms with van der Waals surface area (Å²) in [7, 11) is 0. The minimum absolute atomic E-state index is 0. The number of carbonyl (C=O) groups excluding carboxylic acids is 2. The first-order valence-electron chi connectivity index (χ1n) is 2.70. The van der Waals surface area contributed by atoms with E-state index >= 15 is 0 Å². The van der Waals surface area contributed by atoms with Gasteiger partial charge in [-0.25, -0.2) is 0 Å². The third-order valence-corrected chi connectivity index (χ3v) is 1.31. The summed E-state index contributed by atoms with van der Waals surface area (Å²) in [5.41, 5.74) is 0. The molecule has 4 nitrogen and oxygen atoms in total. The topological polar surface area (TPSA) is 69.2 Å². The van der Waals surface area contributed by atoms with Crippen LogP contribution in [0, 0.1) is 0 Å². The van der Waals surface area contributed by atoms with Crippen LogP contribution in [0.2, 0.25) is 0 Å². The first-order valence-corrected chi connectivity index (χ1v) is 3.15. The summed E-state index contributed by atoms with van der Waals surface area (Å²) in [4.78, 5) is 20.2.